The van der Waals surface area contributed by atoms with Crippen molar-refractivity contribution in [1.29, 1.82) is 0 Å². The van der Waals surface area contributed by atoms with Gasteiger partial charge < -0.3 is 10.1 Å². The van der Waals surface area contributed by atoms with Crippen LogP contribution in [-0.2, 0) is 11.2 Å². The van der Waals surface area contributed by atoms with Gasteiger partial charge in [-0.25, -0.2) is 0 Å². The summed E-state index contributed by atoms with van der Waals surface area (Å²) < 4.78 is 5.93. The molecule has 0 amide bonds. The maximum absolute atomic E-state index is 5.83. The lowest BCUT2D eigenvalue weighted by Gasteiger charge is -2.13. The first-order chi connectivity index (χ1) is 6.26. The molecule has 1 N–H and O–H groups in total. The first kappa shape index (κ1) is 11.0. The topological polar surface area (TPSA) is 21.3 Å². The Kier molecular flexibility index (Phi) is 4.73. The molecule has 1 atom stereocenters. The standard InChI is InChI=1S/C9H14ClNOS/c1-11-7(6-12-2)5-8-3-4-9(10)13-8/h3-4,7,11H,5-6H2,1-2H3. The molecule has 0 radical (unpaired) electrons. The molecule has 0 spiro atoms. The van der Waals surface area contributed by atoms with E-state index in [2.05, 4.69) is 11.4 Å². The minimum atomic E-state index is 0.375. The van der Waals surface area contributed by atoms with Crippen LogP contribution in [-0.4, -0.2) is 26.8 Å². The summed E-state index contributed by atoms with van der Waals surface area (Å²) in [6.45, 7) is 0.728. The lowest BCUT2D eigenvalue weighted by atomic mass is 10.2. The Balaban J connectivity index is 2.46. The lowest BCUT2D eigenvalue weighted by Crippen LogP contribution is -2.31. The largest absolute Gasteiger partial charge is 0.383 e. The number of ether oxygens (including phenoxy) is 1. The van der Waals surface area contributed by atoms with E-state index in [-0.39, 0.29) is 0 Å². The SMILES string of the molecule is CNC(COC)Cc1ccc(Cl)s1. The number of hydrogen-bond acceptors (Lipinski definition) is 3. The summed E-state index contributed by atoms with van der Waals surface area (Å²) in [5.74, 6) is 0. The van der Waals surface area contributed by atoms with Crippen molar-refractivity contribution in [3.63, 3.8) is 0 Å². The Hall–Kier alpha value is -0.0900. The fraction of sp³-hybridized carbons (Fsp3) is 0.556. The molecule has 0 aliphatic carbocycles. The van der Waals surface area contributed by atoms with E-state index in [4.69, 9.17) is 16.3 Å². The van der Waals surface area contributed by atoms with Crippen LogP contribution in [0.4, 0.5) is 0 Å². The zero-order valence-corrected chi connectivity index (χ0v) is 9.41. The zero-order chi connectivity index (χ0) is 9.68. The van der Waals surface area contributed by atoms with Crippen LogP contribution in [0.25, 0.3) is 0 Å². The van der Waals surface area contributed by atoms with E-state index < -0.39 is 0 Å². The molecule has 0 saturated heterocycles. The minimum absolute atomic E-state index is 0.375. The third-order valence-electron chi connectivity index (χ3n) is 1.85. The molecule has 0 bridgehead atoms. The summed E-state index contributed by atoms with van der Waals surface area (Å²) in [4.78, 5) is 1.29. The number of hydrogen-bond donors (Lipinski definition) is 1. The summed E-state index contributed by atoms with van der Waals surface area (Å²) in [6.07, 6.45) is 0.974. The van der Waals surface area contributed by atoms with E-state index in [0.717, 1.165) is 17.4 Å². The fourth-order valence-electron chi connectivity index (χ4n) is 1.15. The van der Waals surface area contributed by atoms with Crippen molar-refractivity contribution < 1.29 is 4.74 Å². The number of likely N-dealkylation sites (N-methyl/N-ethyl adjacent to an activating group) is 1. The Morgan fingerprint density at radius 1 is 1.62 bits per heavy atom. The molecule has 74 valence electrons. The van der Waals surface area contributed by atoms with Crippen molar-refractivity contribution in [3.05, 3.63) is 21.3 Å². The molecule has 0 saturated carbocycles. The summed E-state index contributed by atoms with van der Waals surface area (Å²) in [5.41, 5.74) is 0. The van der Waals surface area contributed by atoms with Gasteiger partial charge >= 0.3 is 0 Å². The van der Waals surface area contributed by atoms with Gasteiger partial charge in [0.2, 0.25) is 0 Å². The van der Waals surface area contributed by atoms with Crippen LogP contribution in [0.3, 0.4) is 0 Å². The molecule has 1 rings (SSSR count). The van der Waals surface area contributed by atoms with Gasteiger partial charge in [0.15, 0.2) is 0 Å². The van der Waals surface area contributed by atoms with Gasteiger partial charge in [-0.05, 0) is 25.6 Å². The average Bonchev–Trinajstić information content (AvgIpc) is 2.50. The molecule has 13 heavy (non-hydrogen) atoms. The van der Waals surface area contributed by atoms with Gasteiger partial charge in [-0.1, -0.05) is 11.6 Å². The molecule has 0 aliphatic heterocycles. The van der Waals surface area contributed by atoms with E-state index in [0.29, 0.717) is 6.04 Å². The Morgan fingerprint density at radius 2 is 2.38 bits per heavy atom. The van der Waals surface area contributed by atoms with Gasteiger partial charge in [0.25, 0.3) is 0 Å². The molecule has 1 unspecified atom stereocenters. The molecular weight excluding hydrogens is 206 g/mol. The maximum Gasteiger partial charge on any atom is 0.0931 e. The van der Waals surface area contributed by atoms with Crippen molar-refractivity contribution in [3.8, 4) is 0 Å². The van der Waals surface area contributed by atoms with Crippen molar-refractivity contribution in [2.45, 2.75) is 12.5 Å². The van der Waals surface area contributed by atoms with E-state index in [1.165, 1.54) is 4.88 Å². The number of methoxy groups -OCH3 is 1. The third kappa shape index (κ3) is 3.65. The third-order valence-corrected chi connectivity index (χ3v) is 3.11. The Morgan fingerprint density at radius 3 is 2.85 bits per heavy atom. The number of nitrogens with one attached hydrogen (secondary N) is 1. The molecule has 2 nitrogen and oxygen atoms in total. The fourth-order valence-corrected chi connectivity index (χ4v) is 2.32. The Bertz CT molecular complexity index is 252. The van der Waals surface area contributed by atoms with Crippen LogP contribution in [0.15, 0.2) is 12.1 Å². The highest BCUT2D eigenvalue weighted by molar-refractivity contribution is 7.16. The van der Waals surface area contributed by atoms with E-state index in [1.807, 2.05) is 13.1 Å². The molecule has 0 aromatic carbocycles. The van der Waals surface area contributed by atoms with Gasteiger partial charge in [0.05, 0.1) is 10.9 Å². The summed E-state index contributed by atoms with van der Waals surface area (Å²) in [7, 11) is 3.66. The quantitative estimate of drug-likeness (QED) is 0.820. The minimum Gasteiger partial charge on any atom is -0.383 e. The smallest absolute Gasteiger partial charge is 0.0931 e. The lowest BCUT2D eigenvalue weighted by molar-refractivity contribution is 0.169. The van der Waals surface area contributed by atoms with Crippen LogP contribution in [0.2, 0.25) is 4.34 Å². The van der Waals surface area contributed by atoms with Crippen LogP contribution in [0.5, 0.6) is 0 Å². The van der Waals surface area contributed by atoms with Crippen molar-refractivity contribution in [2.24, 2.45) is 0 Å². The van der Waals surface area contributed by atoms with Crippen LogP contribution < -0.4 is 5.32 Å². The highest BCUT2D eigenvalue weighted by atomic mass is 35.5. The van der Waals surface area contributed by atoms with Crippen molar-refractivity contribution in [1.82, 2.24) is 5.32 Å². The first-order valence-corrected chi connectivity index (χ1v) is 5.36. The highest BCUT2D eigenvalue weighted by Gasteiger charge is 2.07. The van der Waals surface area contributed by atoms with Crippen molar-refractivity contribution in [2.75, 3.05) is 20.8 Å². The van der Waals surface area contributed by atoms with Gasteiger partial charge in [-0.3, -0.25) is 0 Å². The summed E-state index contributed by atoms with van der Waals surface area (Å²) in [6, 6.07) is 4.37. The second-order valence-electron chi connectivity index (χ2n) is 2.85. The number of thiophene rings is 1. The molecule has 4 heteroatoms. The predicted octanol–water partition coefficient (Wildman–Crippen LogP) is 2.18. The van der Waals surface area contributed by atoms with Gasteiger partial charge in [-0.2, -0.15) is 0 Å². The normalized spacial score (nSPS) is 13.2. The van der Waals surface area contributed by atoms with Crippen molar-refractivity contribution >= 4 is 22.9 Å². The predicted molar refractivity (Wildman–Crippen MR) is 57.8 cm³/mol. The monoisotopic (exact) mass is 219 g/mol. The molecule has 1 aromatic rings. The molecule has 1 aromatic heterocycles. The summed E-state index contributed by atoms with van der Waals surface area (Å²) in [5, 5.41) is 3.20. The maximum atomic E-state index is 5.83. The number of rotatable bonds is 5. The second-order valence-corrected chi connectivity index (χ2v) is 4.65. The van der Waals surface area contributed by atoms with E-state index >= 15 is 0 Å². The van der Waals surface area contributed by atoms with E-state index in [9.17, 15) is 0 Å². The summed E-state index contributed by atoms with van der Waals surface area (Å²) >= 11 is 7.46. The van der Waals surface area contributed by atoms with Gasteiger partial charge in [-0.15, -0.1) is 11.3 Å². The molecule has 1 heterocycles. The van der Waals surface area contributed by atoms with Crippen LogP contribution >= 0.6 is 22.9 Å². The second kappa shape index (κ2) is 5.60. The zero-order valence-electron chi connectivity index (χ0n) is 7.84. The van der Waals surface area contributed by atoms with Gasteiger partial charge in [0, 0.05) is 18.0 Å². The Labute approximate surface area is 87.9 Å². The molecular formula is C9H14ClNOS. The molecule has 0 aliphatic rings. The van der Waals surface area contributed by atoms with Gasteiger partial charge in [0.1, 0.15) is 0 Å². The molecule has 0 fully saturated rings. The van der Waals surface area contributed by atoms with Crippen LogP contribution in [0, 0.1) is 0 Å². The van der Waals surface area contributed by atoms with E-state index in [1.54, 1.807) is 18.4 Å². The first-order valence-electron chi connectivity index (χ1n) is 4.16. The average molecular weight is 220 g/mol. The van der Waals surface area contributed by atoms with Crippen LogP contribution in [0.1, 0.15) is 4.88 Å². The highest BCUT2D eigenvalue weighted by Crippen LogP contribution is 2.22. The number of halogens is 1.